The monoisotopic (exact) mass is 340 g/mol. The zero-order chi connectivity index (χ0) is 17.6. The lowest BCUT2D eigenvalue weighted by Crippen LogP contribution is -2.48. The number of rotatable bonds is 5. The molecule has 0 atom stereocenters. The summed E-state index contributed by atoms with van der Waals surface area (Å²) in [7, 11) is 2.04. The van der Waals surface area contributed by atoms with Crippen LogP contribution in [-0.2, 0) is 11.2 Å². The fraction of sp³-hybridized carbons (Fsp3) is 0.444. The molecule has 1 aliphatic heterocycles. The molecule has 0 aliphatic carbocycles. The molecule has 3 rings (SSSR count). The Balaban J connectivity index is 1.60. The van der Waals surface area contributed by atoms with Gasteiger partial charge < -0.3 is 14.7 Å². The summed E-state index contributed by atoms with van der Waals surface area (Å²) >= 11 is 0. The number of anilines is 2. The number of hydrogen-bond acceptors (Lipinski definition) is 6. The van der Waals surface area contributed by atoms with Crippen molar-refractivity contribution in [3.05, 3.63) is 42.5 Å². The third kappa shape index (κ3) is 4.43. The van der Waals surface area contributed by atoms with Crippen LogP contribution in [0.25, 0.3) is 0 Å². The predicted octanol–water partition coefficient (Wildman–Crippen LogP) is 1.22. The summed E-state index contributed by atoms with van der Waals surface area (Å²) in [6, 6.07) is 6.09. The van der Waals surface area contributed by atoms with Crippen LogP contribution < -0.4 is 9.80 Å². The molecule has 0 radical (unpaired) electrons. The number of carbonyl (C=O) groups excluding carboxylic acids is 1. The normalized spacial score (nSPS) is 14.5. The highest BCUT2D eigenvalue weighted by molar-refractivity contribution is 5.73. The number of carbonyl (C=O) groups is 1. The van der Waals surface area contributed by atoms with Crippen LogP contribution in [0, 0.1) is 0 Å². The van der Waals surface area contributed by atoms with Crippen LogP contribution in [0.15, 0.2) is 36.9 Å². The number of nitrogens with zero attached hydrogens (tertiary/aromatic N) is 6. The fourth-order valence-electron chi connectivity index (χ4n) is 2.93. The van der Waals surface area contributed by atoms with Crippen LogP contribution in [0.5, 0.6) is 0 Å². The average molecular weight is 340 g/mol. The lowest BCUT2D eigenvalue weighted by atomic mass is 10.2. The highest BCUT2D eigenvalue weighted by Crippen LogP contribution is 2.18. The molecule has 2 aromatic rings. The Morgan fingerprint density at radius 1 is 1.16 bits per heavy atom. The lowest BCUT2D eigenvalue weighted by molar-refractivity contribution is -0.129. The highest BCUT2D eigenvalue weighted by Gasteiger charge is 2.20. The van der Waals surface area contributed by atoms with Crippen molar-refractivity contribution in [1.82, 2.24) is 19.9 Å². The van der Waals surface area contributed by atoms with Crippen LogP contribution in [0.2, 0.25) is 0 Å². The van der Waals surface area contributed by atoms with Crippen molar-refractivity contribution in [2.75, 3.05) is 49.6 Å². The van der Waals surface area contributed by atoms with Gasteiger partial charge in [0.1, 0.15) is 18.0 Å². The minimum atomic E-state index is 0.138. The lowest BCUT2D eigenvalue weighted by Gasteiger charge is -2.35. The zero-order valence-electron chi connectivity index (χ0n) is 14.8. The quantitative estimate of drug-likeness (QED) is 0.815. The van der Waals surface area contributed by atoms with E-state index in [1.54, 1.807) is 13.3 Å². The summed E-state index contributed by atoms with van der Waals surface area (Å²) in [6.45, 7) is 5.58. The average Bonchev–Trinajstić information content (AvgIpc) is 2.67. The van der Waals surface area contributed by atoms with Gasteiger partial charge in [-0.05, 0) is 24.1 Å². The molecule has 0 aromatic carbocycles. The number of pyridine rings is 1. The van der Waals surface area contributed by atoms with E-state index in [2.05, 4.69) is 24.8 Å². The van der Waals surface area contributed by atoms with E-state index < -0.39 is 0 Å². The van der Waals surface area contributed by atoms with Crippen LogP contribution >= 0.6 is 0 Å². The van der Waals surface area contributed by atoms with Gasteiger partial charge in [-0.1, -0.05) is 0 Å². The Morgan fingerprint density at radius 3 is 2.56 bits per heavy atom. The molecule has 1 aliphatic rings. The molecule has 0 spiro atoms. The SMILES string of the molecule is CC(=O)N1CCN(c2cc(N(C)CCc3ccncc3)ncn2)CC1. The Labute approximate surface area is 148 Å². The van der Waals surface area contributed by atoms with Crippen LogP contribution in [0.1, 0.15) is 12.5 Å². The highest BCUT2D eigenvalue weighted by atomic mass is 16.2. The van der Waals surface area contributed by atoms with E-state index in [0.717, 1.165) is 50.8 Å². The van der Waals surface area contributed by atoms with Crippen molar-refractivity contribution in [2.45, 2.75) is 13.3 Å². The summed E-state index contributed by atoms with van der Waals surface area (Å²) in [5.74, 6) is 1.97. The second-order valence-corrected chi connectivity index (χ2v) is 6.25. The summed E-state index contributed by atoms with van der Waals surface area (Å²) in [5.41, 5.74) is 1.26. The fourth-order valence-corrected chi connectivity index (χ4v) is 2.93. The second kappa shape index (κ2) is 7.92. The molecule has 7 nitrogen and oxygen atoms in total. The molecule has 0 N–H and O–H groups in total. The molecule has 1 amide bonds. The van der Waals surface area contributed by atoms with E-state index >= 15 is 0 Å². The minimum Gasteiger partial charge on any atom is -0.359 e. The van der Waals surface area contributed by atoms with Gasteiger partial charge in [0, 0.05) is 65.2 Å². The first kappa shape index (κ1) is 17.1. The summed E-state index contributed by atoms with van der Waals surface area (Å²) in [4.78, 5) is 30.5. The maximum Gasteiger partial charge on any atom is 0.219 e. The van der Waals surface area contributed by atoms with Gasteiger partial charge in [0.05, 0.1) is 0 Å². The Morgan fingerprint density at radius 2 is 1.88 bits per heavy atom. The summed E-state index contributed by atoms with van der Waals surface area (Å²) in [5, 5.41) is 0. The van der Waals surface area contributed by atoms with Gasteiger partial charge in [0.25, 0.3) is 0 Å². The number of hydrogen-bond donors (Lipinski definition) is 0. The van der Waals surface area contributed by atoms with Crippen molar-refractivity contribution in [2.24, 2.45) is 0 Å². The topological polar surface area (TPSA) is 65.5 Å². The number of aromatic nitrogens is 3. The van der Waals surface area contributed by atoms with Crippen LogP contribution in [-0.4, -0.2) is 65.5 Å². The van der Waals surface area contributed by atoms with Crippen molar-refractivity contribution in [3.8, 4) is 0 Å². The van der Waals surface area contributed by atoms with Crippen LogP contribution in [0.3, 0.4) is 0 Å². The molecule has 0 unspecified atom stereocenters. The molecular weight excluding hydrogens is 316 g/mol. The van der Waals surface area contributed by atoms with Crippen LogP contribution in [0.4, 0.5) is 11.6 Å². The van der Waals surface area contributed by atoms with E-state index in [-0.39, 0.29) is 5.91 Å². The standard InChI is InChI=1S/C18H24N6O/c1-15(25)23-9-11-24(12-10-23)18-13-17(20-14-21-18)22(2)8-5-16-3-6-19-7-4-16/h3-4,6-7,13-14H,5,8-12H2,1-2H3. The largest absolute Gasteiger partial charge is 0.359 e. The summed E-state index contributed by atoms with van der Waals surface area (Å²) in [6.07, 6.45) is 6.19. The van der Waals surface area contributed by atoms with E-state index in [9.17, 15) is 4.79 Å². The Hall–Kier alpha value is -2.70. The zero-order valence-corrected chi connectivity index (χ0v) is 14.8. The van der Waals surface area contributed by atoms with Gasteiger partial charge in [-0.2, -0.15) is 0 Å². The minimum absolute atomic E-state index is 0.138. The maximum absolute atomic E-state index is 11.4. The number of piperazine rings is 1. The van der Waals surface area contributed by atoms with Gasteiger partial charge in [0.2, 0.25) is 5.91 Å². The first-order chi connectivity index (χ1) is 12.1. The van der Waals surface area contributed by atoms with Crippen molar-refractivity contribution < 1.29 is 4.79 Å². The first-order valence-electron chi connectivity index (χ1n) is 8.56. The van der Waals surface area contributed by atoms with Gasteiger partial charge >= 0.3 is 0 Å². The van der Waals surface area contributed by atoms with Crippen molar-refractivity contribution in [3.63, 3.8) is 0 Å². The molecule has 3 heterocycles. The van der Waals surface area contributed by atoms with Crippen molar-refractivity contribution in [1.29, 1.82) is 0 Å². The van der Waals surface area contributed by atoms with Crippen molar-refractivity contribution >= 4 is 17.5 Å². The third-order valence-corrected chi connectivity index (χ3v) is 4.56. The molecule has 25 heavy (non-hydrogen) atoms. The van der Waals surface area contributed by atoms with E-state index in [4.69, 9.17) is 0 Å². The molecule has 7 heteroatoms. The maximum atomic E-state index is 11.4. The van der Waals surface area contributed by atoms with Gasteiger partial charge in [-0.15, -0.1) is 0 Å². The van der Waals surface area contributed by atoms with E-state index in [1.807, 2.05) is 42.5 Å². The van der Waals surface area contributed by atoms with Gasteiger partial charge in [-0.25, -0.2) is 9.97 Å². The Kier molecular flexibility index (Phi) is 5.42. The molecule has 0 bridgehead atoms. The second-order valence-electron chi connectivity index (χ2n) is 6.25. The molecule has 0 saturated carbocycles. The third-order valence-electron chi connectivity index (χ3n) is 4.56. The summed E-state index contributed by atoms with van der Waals surface area (Å²) < 4.78 is 0. The molecule has 132 valence electrons. The molecule has 1 fully saturated rings. The predicted molar refractivity (Wildman–Crippen MR) is 97.7 cm³/mol. The molecular formula is C18H24N6O. The number of likely N-dealkylation sites (N-methyl/N-ethyl adjacent to an activating group) is 1. The van der Waals surface area contributed by atoms with E-state index in [0.29, 0.717) is 0 Å². The molecule has 1 saturated heterocycles. The van der Waals surface area contributed by atoms with E-state index in [1.165, 1.54) is 5.56 Å². The number of amides is 1. The van der Waals surface area contributed by atoms with Gasteiger partial charge in [-0.3, -0.25) is 9.78 Å². The van der Waals surface area contributed by atoms with Gasteiger partial charge in [0.15, 0.2) is 0 Å². The smallest absolute Gasteiger partial charge is 0.219 e. The Bertz CT molecular complexity index is 700. The first-order valence-corrected chi connectivity index (χ1v) is 8.56. The molecule has 2 aromatic heterocycles.